The molecule has 0 saturated heterocycles. The maximum atomic E-state index is 12.5. The third-order valence-electron chi connectivity index (χ3n) is 3.53. The van der Waals surface area contributed by atoms with Crippen molar-refractivity contribution in [3.8, 4) is 0 Å². The van der Waals surface area contributed by atoms with Crippen LogP contribution in [0.15, 0.2) is 53.1 Å². The number of furan rings is 1. The molecule has 2 atom stereocenters. The topological polar surface area (TPSA) is 141 Å². The van der Waals surface area contributed by atoms with E-state index in [0.717, 1.165) is 5.56 Å². The summed E-state index contributed by atoms with van der Waals surface area (Å²) < 4.78 is 10.1. The smallest absolute Gasteiger partial charge is 0.329 e. The van der Waals surface area contributed by atoms with Crippen LogP contribution in [-0.4, -0.2) is 36.0 Å². The first-order valence-corrected chi connectivity index (χ1v) is 8.06. The van der Waals surface area contributed by atoms with Crippen LogP contribution in [0.2, 0.25) is 0 Å². The second-order valence-corrected chi connectivity index (χ2v) is 5.63. The number of amides is 4. The van der Waals surface area contributed by atoms with Crippen LogP contribution in [0.4, 0.5) is 4.79 Å². The minimum atomic E-state index is -1.27. The number of imide groups is 1. The van der Waals surface area contributed by atoms with Gasteiger partial charge in [-0.25, -0.2) is 9.59 Å². The molecule has 9 heteroatoms. The Bertz CT molecular complexity index is 804. The van der Waals surface area contributed by atoms with Crippen LogP contribution in [0.5, 0.6) is 0 Å². The molecule has 4 amide bonds. The molecule has 0 aliphatic rings. The fourth-order valence-corrected chi connectivity index (χ4v) is 2.21. The molecule has 9 nitrogen and oxygen atoms in total. The number of urea groups is 1. The Balaban J connectivity index is 2.10. The highest BCUT2D eigenvalue weighted by atomic mass is 16.5. The summed E-state index contributed by atoms with van der Waals surface area (Å²) in [6, 6.07) is 9.80. The van der Waals surface area contributed by atoms with Crippen LogP contribution < -0.4 is 16.4 Å². The lowest BCUT2D eigenvalue weighted by molar-refractivity contribution is -0.156. The Morgan fingerprint density at radius 1 is 1.11 bits per heavy atom. The van der Waals surface area contributed by atoms with E-state index in [-0.39, 0.29) is 12.2 Å². The van der Waals surface area contributed by atoms with Crippen molar-refractivity contribution in [1.82, 2.24) is 10.6 Å². The van der Waals surface area contributed by atoms with Gasteiger partial charge in [0, 0.05) is 6.42 Å². The molecule has 4 N–H and O–H groups in total. The fraction of sp³-hybridized carbons (Fsp3) is 0.222. The van der Waals surface area contributed by atoms with Crippen molar-refractivity contribution in [2.45, 2.75) is 25.5 Å². The number of hydrogen-bond donors (Lipinski definition) is 3. The quantitative estimate of drug-likeness (QED) is 0.612. The van der Waals surface area contributed by atoms with E-state index in [1.54, 1.807) is 24.3 Å². The minimum absolute atomic E-state index is 0.0281. The molecule has 1 heterocycles. The first-order valence-electron chi connectivity index (χ1n) is 8.06. The number of rotatable bonds is 7. The van der Waals surface area contributed by atoms with E-state index >= 15 is 0 Å². The summed E-state index contributed by atoms with van der Waals surface area (Å²) in [5.41, 5.74) is 5.64. The maximum absolute atomic E-state index is 12.5. The Morgan fingerprint density at radius 3 is 2.41 bits per heavy atom. The van der Waals surface area contributed by atoms with Crippen molar-refractivity contribution in [3.63, 3.8) is 0 Å². The zero-order valence-corrected chi connectivity index (χ0v) is 14.5. The summed E-state index contributed by atoms with van der Waals surface area (Å²) >= 11 is 0. The third-order valence-corrected chi connectivity index (χ3v) is 3.53. The van der Waals surface area contributed by atoms with Crippen LogP contribution in [0.3, 0.4) is 0 Å². The molecule has 0 saturated carbocycles. The summed E-state index contributed by atoms with van der Waals surface area (Å²) in [5, 5.41) is 4.34. The van der Waals surface area contributed by atoms with E-state index in [1.165, 1.54) is 25.3 Å². The Labute approximate surface area is 154 Å². The van der Waals surface area contributed by atoms with Crippen molar-refractivity contribution in [2.24, 2.45) is 5.73 Å². The summed E-state index contributed by atoms with van der Waals surface area (Å²) in [5.74, 6) is -2.29. The number of nitrogens with two attached hydrogens (primary N) is 1. The van der Waals surface area contributed by atoms with E-state index in [4.69, 9.17) is 14.9 Å². The molecular formula is C18H19N3O6. The maximum Gasteiger partial charge on any atom is 0.329 e. The van der Waals surface area contributed by atoms with Gasteiger partial charge in [0.25, 0.3) is 11.8 Å². The van der Waals surface area contributed by atoms with Gasteiger partial charge in [-0.2, -0.15) is 0 Å². The molecule has 0 spiro atoms. The van der Waals surface area contributed by atoms with Gasteiger partial charge in [-0.3, -0.25) is 14.9 Å². The van der Waals surface area contributed by atoms with Gasteiger partial charge in [-0.1, -0.05) is 30.3 Å². The number of nitrogens with one attached hydrogen (secondary N) is 2. The number of carbonyl (C=O) groups excluding carboxylic acids is 4. The summed E-state index contributed by atoms with van der Waals surface area (Å²) in [6.45, 7) is 1.28. The van der Waals surface area contributed by atoms with Crippen molar-refractivity contribution in [3.05, 3.63) is 60.1 Å². The number of hydrogen-bond acceptors (Lipinski definition) is 6. The minimum Gasteiger partial charge on any atom is -0.459 e. The van der Waals surface area contributed by atoms with Gasteiger partial charge in [0.2, 0.25) is 0 Å². The van der Waals surface area contributed by atoms with E-state index in [2.05, 4.69) is 5.32 Å². The Morgan fingerprint density at radius 2 is 1.81 bits per heavy atom. The molecule has 2 rings (SSSR count). The molecule has 0 fully saturated rings. The predicted octanol–water partition coefficient (Wildman–Crippen LogP) is 0.747. The third kappa shape index (κ3) is 5.99. The molecule has 0 bridgehead atoms. The van der Waals surface area contributed by atoms with Gasteiger partial charge in [0.15, 0.2) is 11.9 Å². The van der Waals surface area contributed by atoms with Gasteiger partial charge in [-0.05, 0) is 24.6 Å². The molecule has 27 heavy (non-hydrogen) atoms. The molecule has 0 aliphatic carbocycles. The molecular weight excluding hydrogens is 354 g/mol. The van der Waals surface area contributed by atoms with Gasteiger partial charge in [0.05, 0.1) is 6.26 Å². The van der Waals surface area contributed by atoms with Crippen molar-refractivity contribution >= 4 is 23.8 Å². The van der Waals surface area contributed by atoms with Gasteiger partial charge in [0.1, 0.15) is 6.04 Å². The summed E-state index contributed by atoms with van der Waals surface area (Å²) in [6.07, 6.45) is 0.190. The predicted molar refractivity (Wildman–Crippen MR) is 93.4 cm³/mol. The first kappa shape index (κ1) is 19.7. The van der Waals surface area contributed by atoms with E-state index in [0.29, 0.717) is 0 Å². The number of carbonyl (C=O) groups is 4. The molecule has 0 unspecified atom stereocenters. The van der Waals surface area contributed by atoms with Gasteiger partial charge in [-0.15, -0.1) is 0 Å². The van der Waals surface area contributed by atoms with E-state index in [9.17, 15) is 19.2 Å². The van der Waals surface area contributed by atoms with E-state index < -0.39 is 36.0 Å². The van der Waals surface area contributed by atoms with Gasteiger partial charge >= 0.3 is 12.0 Å². The van der Waals surface area contributed by atoms with E-state index in [1.807, 2.05) is 11.4 Å². The van der Waals surface area contributed by atoms with Crippen molar-refractivity contribution < 1.29 is 28.3 Å². The molecule has 1 aromatic carbocycles. The fourth-order valence-electron chi connectivity index (χ4n) is 2.21. The summed E-state index contributed by atoms with van der Waals surface area (Å²) in [7, 11) is 0. The monoisotopic (exact) mass is 373 g/mol. The lowest BCUT2D eigenvalue weighted by Gasteiger charge is -2.19. The van der Waals surface area contributed by atoms with Crippen LogP contribution in [-0.2, 0) is 20.7 Å². The number of benzene rings is 1. The highest BCUT2D eigenvalue weighted by Gasteiger charge is 2.28. The lowest BCUT2D eigenvalue weighted by Crippen LogP contribution is -2.47. The molecule has 0 aliphatic heterocycles. The first-order chi connectivity index (χ1) is 12.9. The largest absolute Gasteiger partial charge is 0.459 e. The van der Waals surface area contributed by atoms with Crippen molar-refractivity contribution in [1.29, 1.82) is 0 Å². The Hall–Kier alpha value is -3.62. The van der Waals surface area contributed by atoms with Crippen LogP contribution in [0, 0.1) is 0 Å². The SMILES string of the molecule is C[C@H](OC(=O)[C@H](Cc1ccccc1)NC(=O)c1ccco1)C(=O)NC(N)=O. The zero-order valence-electron chi connectivity index (χ0n) is 14.5. The molecule has 0 radical (unpaired) electrons. The highest BCUT2D eigenvalue weighted by Crippen LogP contribution is 2.08. The highest BCUT2D eigenvalue weighted by molar-refractivity contribution is 5.97. The Kier molecular flexibility index (Phi) is 6.70. The second-order valence-electron chi connectivity index (χ2n) is 5.63. The van der Waals surface area contributed by atoms with Crippen LogP contribution in [0.25, 0.3) is 0 Å². The second kappa shape index (κ2) is 9.18. The number of primary amides is 1. The summed E-state index contributed by atoms with van der Waals surface area (Å²) in [4.78, 5) is 47.1. The lowest BCUT2D eigenvalue weighted by atomic mass is 10.1. The molecule has 1 aromatic heterocycles. The standard InChI is InChI=1S/C18H19N3O6/c1-11(15(22)21-18(19)25)27-17(24)13(10-12-6-3-2-4-7-12)20-16(23)14-8-5-9-26-14/h2-9,11,13H,10H2,1H3,(H,20,23)(H3,19,21,22,25)/t11-,13-/m0/s1. The molecule has 142 valence electrons. The normalized spacial score (nSPS) is 12.5. The van der Waals surface area contributed by atoms with Crippen LogP contribution in [0.1, 0.15) is 23.0 Å². The van der Waals surface area contributed by atoms with Crippen molar-refractivity contribution in [2.75, 3.05) is 0 Å². The molecule has 2 aromatic rings. The average molecular weight is 373 g/mol. The number of ether oxygens (including phenoxy) is 1. The van der Waals surface area contributed by atoms with Gasteiger partial charge < -0.3 is 20.2 Å². The zero-order chi connectivity index (χ0) is 19.8. The average Bonchev–Trinajstić information content (AvgIpc) is 3.16. The number of esters is 1. The van der Waals surface area contributed by atoms with Crippen LogP contribution >= 0.6 is 0 Å².